The Hall–Kier alpha value is -2.86. The molecule has 2 unspecified atom stereocenters. The molecule has 0 aromatic heterocycles. The molecule has 6 heteroatoms. The van der Waals surface area contributed by atoms with Gasteiger partial charge in [0.1, 0.15) is 11.4 Å². The summed E-state index contributed by atoms with van der Waals surface area (Å²) in [7, 11) is 2.15. The number of nitrogens with zero attached hydrogens (tertiary/aromatic N) is 3. The summed E-state index contributed by atoms with van der Waals surface area (Å²) in [5.74, 6) is -0.306. The quantitative estimate of drug-likeness (QED) is 0.599. The number of cyclic esters (lactones) is 1. The van der Waals surface area contributed by atoms with Crippen LogP contribution in [0.1, 0.15) is 36.9 Å². The first-order chi connectivity index (χ1) is 15.4. The van der Waals surface area contributed by atoms with Crippen molar-refractivity contribution >= 4 is 11.8 Å². The molecule has 0 spiro atoms. The third-order valence-corrected chi connectivity index (χ3v) is 6.83. The highest BCUT2D eigenvalue weighted by molar-refractivity contribution is 5.70. The zero-order chi connectivity index (χ0) is 22.7. The van der Waals surface area contributed by atoms with Crippen LogP contribution in [0.3, 0.4) is 0 Å². The Morgan fingerprint density at radius 1 is 1.06 bits per heavy atom. The Balaban J connectivity index is 1.46. The van der Waals surface area contributed by atoms with Crippen molar-refractivity contribution in [1.29, 1.82) is 0 Å². The van der Waals surface area contributed by atoms with E-state index in [1.165, 1.54) is 17.8 Å². The van der Waals surface area contributed by atoms with Gasteiger partial charge in [0.25, 0.3) is 0 Å². The van der Waals surface area contributed by atoms with E-state index in [2.05, 4.69) is 47.7 Å². The number of anilines is 1. The van der Waals surface area contributed by atoms with Crippen molar-refractivity contribution < 1.29 is 13.9 Å². The van der Waals surface area contributed by atoms with Crippen LogP contribution in [0.2, 0.25) is 0 Å². The standard InChI is InChI=1S/C26H32FN3O2/c1-4-13-26(22-7-9-23(27)10-8-22)14-15-30(25(31)32-26)20(2)21-5-11-24(12-6-21)29-18-16-28(3)17-19-29/h4-12,20H,1,13-19H2,2-3H3. The van der Waals surface area contributed by atoms with Crippen molar-refractivity contribution in [2.45, 2.75) is 31.4 Å². The second-order valence-electron chi connectivity index (χ2n) is 8.86. The molecule has 0 radical (unpaired) electrons. The molecule has 2 atom stereocenters. The molecular formula is C26H32FN3O2. The van der Waals surface area contributed by atoms with Gasteiger partial charge in [-0.2, -0.15) is 0 Å². The summed E-state index contributed by atoms with van der Waals surface area (Å²) in [6.07, 6.45) is 2.53. The largest absolute Gasteiger partial charge is 0.437 e. The second kappa shape index (κ2) is 9.33. The Morgan fingerprint density at radius 2 is 1.72 bits per heavy atom. The summed E-state index contributed by atoms with van der Waals surface area (Å²) < 4.78 is 19.4. The van der Waals surface area contributed by atoms with Gasteiger partial charge in [-0.05, 0) is 49.4 Å². The molecule has 0 saturated carbocycles. The molecule has 2 heterocycles. The molecule has 2 aromatic rings. The van der Waals surface area contributed by atoms with Crippen LogP contribution >= 0.6 is 0 Å². The predicted molar refractivity (Wildman–Crippen MR) is 125 cm³/mol. The molecule has 2 aliphatic rings. The number of piperazine rings is 1. The predicted octanol–water partition coefficient (Wildman–Crippen LogP) is 4.95. The summed E-state index contributed by atoms with van der Waals surface area (Å²) in [6, 6.07) is 14.6. The molecule has 1 amide bonds. The highest BCUT2D eigenvalue weighted by atomic mass is 19.1. The highest BCUT2D eigenvalue weighted by Crippen LogP contribution is 2.40. The number of hydrogen-bond donors (Lipinski definition) is 0. The van der Waals surface area contributed by atoms with Crippen molar-refractivity contribution in [1.82, 2.24) is 9.80 Å². The summed E-state index contributed by atoms with van der Waals surface area (Å²) in [5, 5.41) is 0. The highest BCUT2D eigenvalue weighted by Gasteiger charge is 2.42. The van der Waals surface area contributed by atoms with E-state index in [9.17, 15) is 9.18 Å². The van der Waals surface area contributed by atoms with Crippen molar-refractivity contribution in [3.05, 3.63) is 78.1 Å². The lowest BCUT2D eigenvalue weighted by molar-refractivity contribution is -0.0588. The zero-order valence-electron chi connectivity index (χ0n) is 19.0. The van der Waals surface area contributed by atoms with Crippen molar-refractivity contribution in [2.75, 3.05) is 44.7 Å². The van der Waals surface area contributed by atoms with Gasteiger partial charge in [0.15, 0.2) is 0 Å². The van der Waals surface area contributed by atoms with E-state index in [0.29, 0.717) is 19.4 Å². The fourth-order valence-electron chi connectivity index (χ4n) is 4.68. The third kappa shape index (κ3) is 4.51. The van der Waals surface area contributed by atoms with Gasteiger partial charge in [0, 0.05) is 51.3 Å². The van der Waals surface area contributed by atoms with Crippen molar-refractivity contribution in [2.24, 2.45) is 0 Å². The lowest BCUT2D eigenvalue weighted by atomic mass is 9.85. The van der Waals surface area contributed by atoms with Gasteiger partial charge in [-0.15, -0.1) is 6.58 Å². The molecule has 170 valence electrons. The number of rotatable bonds is 6. The Kier molecular flexibility index (Phi) is 6.51. The minimum atomic E-state index is -0.798. The molecule has 2 saturated heterocycles. The maximum Gasteiger partial charge on any atom is 0.411 e. The summed E-state index contributed by atoms with van der Waals surface area (Å²) in [6.45, 7) is 10.6. The second-order valence-corrected chi connectivity index (χ2v) is 8.86. The average molecular weight is 438 g/mol. The van der Waals surface area contributed by atoms with E-state index in [0.717, 1.165) is 37.3 Å². The normalized spacial score (nSPS) is 23.0. The Morgan fingerprint density at radius 3 is 2.31 bits per heavy atom. The number of likely N-dealkylation sites (N-methyl/N-ethyl adjacent to an activating group) is 1. The summed E-state index contributed by atoms with van der Waals surface area (Å²) in [4.78, 5) is 19.6. The van der Waals surface area contributed by atoms with Crippen LogP contribution in [-0.4, -0.2) is 55.7 Å². The van der Waals surface area contributed by atoms with Gasteiger partial charge in [-0.25, -0.2) is 9.18 Å². The van der Waals surface area contributed by atoms with E-state index in [1.54, 1.807) is 23.1 Å². The molecule has 32 heavy (non-hydrogen) atoms. The van der Waals surface area contributed by atoms with Gasteiger partial charge in [-0.1, -0.05) is 30.3 Å². The molecular weight excluding hydrogens is 405 g/mol. The topological polar surface area (TPSA) is 36.0 Å². The SMILES string of the molecule is C=CCC1(c2ccc(F)cc2)CCN(C(C)c2ccc(N3CCN(C)CC3)cc2)C(=O)O1. The fraction of sp³-hybridized carbons (Fsp3) is 0.423. The van der Waals surface area contributed by atoms with Crippen molar-refractivity contribution in [3.8, 4) is 0 Å². The van der Waals surface area contributed by atoms with Crippen molar-refractivity contribution in [3.63, 3.8) is 0 Å². The van der Waals surface area contributed by atoms with Gasteiger partial charge in [-0.3, -0.25) is 0 Å². The van der Waals surface area contributed by atoms with Crippen LogP contribution in [0.5, 0.6) is 0 Å². The molecule has 0 N–H and O–H groups in total. The first-order valence-electron chi connectivity index (χ1n) is 11.3. The first-order valence-corrected chi connectivity index (χ1v) is 11.3. The molecule has 2 aromatic carbocycles. The number of halogens is 1. The van der Waals surface area contributed by atoms with Gasteiger partial charge in [0.05, 0.1) is 6.04 Å². The smallest absolute Gasteiger partial charge is 0.411 e. The number of carbonyl (C=O) groups excluding carboxylic acids is 1. The van der Waals surface area contributed by atoms with Gasteiger partial charge < -0.3 is 19.4 Å². The molecule has 0 bridgehead atoms. The van der Waals surface area contributed by atoms with Crippen LogP contribution in [0.25, 0.3) is 0 Å². The molecule has 4 rings (SSSR count). The molecule has 5 nitrogen and oxygen atoms in total. The summed E-state index contributed by atoms with van der Waals surface area (Å²) >= 11 is 0. The van der Waals surface area contributed by atoms with Crippen LogP contribution in [0, 0.1) is 5.82 Å². The monoisotopic (exact) mass is 437 g/mol. The van der Waals surface area contributed by atoms with Gasteiger partial charge in [0.2, 0.25) is 0 Å². The number of carbonyl (C=O) groups is 1. The Labute approximate surface area is 190 Å². The van der Waals surface area contributed by atoms with E-state index in [-0.39, 0.29) is 18.0 Å². The molecule has 2 fully saturated rings. The maximum absolute atomic E-state index is 13.4. The van der Waals surface area contributed by atoms with E-state index in [1.807, 2.05) is 6.92 Å². The first kappa shape index (κ1) is 22.3. The minimum Gasteiger partial charge on any atom is -0.437 e. The number of ether oxygens (including phenoxy) is 1. The third-order valence-electron chi connectivity index (χ3n) is 6.83. The Bertz CT molecular complexity index is 939. The molecule has 2 aliphatic heterocycles. The lowest BCUT2D eigenvalue weighted by Crippen LogP contribution is -2.48. The van der Waals surface area contributed by atoms with E-state index >= 15 is 0 Å². The fourth-order valence-corrected chi connectivity index (χ4v) is 4.68. The average Bonchev–Trinajstić information content (AvgIpc) is 2.80. The van der Waals surface area contributed by atoms with Crippen LogP contribution < -0.4 is 4.90 Å². The number of benzene rings is 2. The molecule has 0 aliphatic carbocycles. The minimum absolute atomic E-state index is 0.0982. The zero-order valence-corrected chi connectivity index (χ0v) is 19.0. The van der Waals surface area contributed by atoms with Crippen LogP contribution in [-0.2, 0) is 10.3 Å². The lowest BCUT2D eigenvalue weighted by Gasteiger charge is -2.43. The van der Waals surface area contributed by atoms with Gasteiger partial charge >= 0.3 is 6.09 Å². The van der Waals surface area contributed by atoms with Crippen LogP contribution in [0.15, 0.2) is 61.2 Å². The van der Waals surface area contributed by atoms with Crippen LogP contribution in [0.4, 0.5) is 14.9 Å². The van der Waals surface area contributed by atoms with E-state index in [4.69, 9.17) is 4.74 Å². The number of amides is 1. The number of hydrogen-bond acceptors (Lipinski definition) is 4. The van der Waals surface area contributed by atoms with E-state index < -0.39 is 5.60 Å². The summed E-state index contributed by atoms with van der Waals surface area (Å²) in [5.41, 5.74) is 2.30. The maximum atomic E-state index is 13.4.